The fourth-order valence-corrected chi connectivity index (χ4v) is 3.98. The van der Waals surface area contributed by atoms with Gasteiger partial charge in [-0.1, -0.05) is 0 Å². The topological polar surface area (TPSA) is 63.7 Å². The third-order valence-electron chi connectivity index (χ3n) is 4.38. The number of carbonyl (C=O) groups is 1. The molecule has 1 fully saturated rings. The molecule has 0 unspecified atom stereocenters. The van der Waals surface area contributed by atoms with Crippen LogP contribution in [0.25, 0.3) is 10.6 Å². The van der Waals surface area contributed by atoms with E-state index in [-0.39, 0.29) is 36.8 Å². The molecule has 1 amide bonds. The molecule has 1 saturated heterocycles. The second kappa shape index (κ2) is 10.1. The lowest BCUT2D eigenvalue weighted by molar-refractivity contribution is 0.0660. The molecule has 2 aromatic rings. The first-order chi connectivity index (χ1) is 12.0. The minimum atomic E-state index is 0. The van der Waals surface area contributed by atoms with Gasteiger partial charge in [0, 0.05) is 31.2 Å². The van der Waals surface area contributed by atoms with Gasteiger partial charge in [0.05, 0.1) is 19.9 Å². The van der Waals surface area contributed by atoms with E-state index in [1.54, 1.807) is 14.2 Å². The molecule has 6 nitrogen and oxygen atoms in total. The maximum absolute atomic E-state index is 12.9. The van der Waals surface area contributed by atoms with Crippen LogP contribution in [0.2, 0.25) is 0 Å². The average Bonchev–Trinajstić information content (AvgIpc) is 3.02. The van der Waals surface area contributed by atoms with Crippen molar-refractivity contribution in [1.29, 1.82) is 0 Å². The largest absolute Gasteiger partial charge is 0.493 e. The molecular weight excluding hydrogens is 409 g/mol. The molecule has 1 atom stereocenters. The Kier molecular flexibility index (Phi) is 8.81. The van der Waals surface area contributed by atoms with Crippen molar-refractivity contribution in [3.63, 3.8) is 0 Å². The van der Waals surface area contributed by atoms with Gasteiger partial charge in [-0.2, -0.15) is 0 Å². The van der Waals surface area contributed by atoms with Crippen LogP contribution in [-0.4, -0.2) is 55.7 Å². The van der Waals surface area contributed by atoms with Crippen LogP contribution < -0.4 is 14.8 Å². The van der Waals surface area contributed by atoms with Crippen molar-refractivity contribution in [2.24, 2.45) is 0 Å². The summed E-state index contributed by atoms with van der Waals surface area (Å²) in [6, 6.07) is 5.86. The lowest BCUT2D eigenvalue weighted by Gasteiger charge is -2.33. The van der Waals surface area contributed by atoms with E-state index in [9.17, 15) is 4.79 Å². The van der Waals surface area contributed by atoms with Gasteiger partial charge in [0.2, 0.25) is 0 Å². The second-order valence-corrected chi connectivity index (χ2v) is 7.05. The van der Waals surface area contributed by atoms with Crippen LogP contribution >= 0.6 is 36.2 Å². The summed E-state index contributed by atoms with van der Waals surface area (Å²) in [6.45, 7) is 6.34. The number of benzene rings is 1. The molecule has 27 heavy (non-hydrogen) atoms. The first kappa shape index (κ1) is 23.5. The molecule has 0 radical (unpaired) electrons. The van der Waals surface area contributed by atoms with E-state index in [1.807, 2.05) is 30.0 Å². The zero-order valence-corrected chi connectivity index (χ0v) is 18.2. The number of rotatable bonds is 4. The summed E-state index contributed by atoms with van der Waals surface area (Å²) < 4.78 is 10.6. The van der Waals surface area contributed by atoms with Gasteiger partial charge in [-0.05, 0) is 32.0 Å². The molecule has 150 valence electrons. The number of aryl methyl sites for hydroxylation is 1. The smallest absolute Gasteiger partial charge is 0.266 e. The number of aromatic nitrogens is 1. The molecule has 0 spiro atoms. The fraction of sp³-hybridized carbons (Fsp3) is 0.444. The number of thiazole rings is 1. The molecule has 0 aliphatic carbocycles. The highest BCUT2D eigenvalue weighted by atomic mass is 35.5. The van der Waals surface area contributed by atoms with Crippen LogP contribution in [0.5, 0.6) is 11.5 Å². The monoisotopic (exact) mass is 433 g/mol. The maximum atomic E-state index is 12.9. The van der Waals surface area contributed by atoms with E-state index < -0.39 is 0 Å². The number of hydrogen-bond donors (Lipinski definition) is 1. The normalized spacial score (nSPS) is 16.1. The molecular formula is C18H25Cl2N3O3S. The Morgan fingerprint density at radius 1 is 1.26 bits per heavy atom. The van der Waals surface area contributed by atoms with Crippen molar-refractivity contribution in [2.75, 3.05) is 33.9 Å². The number of hydrogen-bond acceptors (Lipinski definition) is 6. The summed E-state index contributed by atoms with van der Waals surface area (Å²) >= 11 is 1.43. The first-order valence-electron chi connectivity index (χ1n) is 8.26. The minimum absolute atomic E-state index is 0. The number of carbonyl (C=O) groups excluding carboxylic acids is 1. The molecule has 0 bridgehead atoms. The summed E-state index contributed by atoms with van der Waals surface area (Å²) in [5.41, 5.74) is 1.68. The van der Waals surface area contributed by atoms with Gasteiger partial charge < -0.3 is 19.7 Å². The Morgan fingerprint density at radius 3 is 2.59 bits per heavy atom. The minimum Gasteiger partial charge on any atom is -0.493 e. The third kappa shape index (κ3) is 4.85. The third-order valence-corrected chi connectivity index (χ3v) is 5.58. The lowest BCUT2D eigenvalue weighted by atomic mass is 10.2. The van der Waals surface area contributed by atoms with Gasteiger partial charge in [0.15, 0.2) is 11.5 Å². The Bertz CT molecular complexity index is 785. The Labute approximate surface area is 176 Å². The van der Waals surface area contributed by atoms with Gasteiger partial charge in [0.25, 0.3) is 5.91 Å². The number of amides is 1. The van der Waals surface area contributed by atoms with Gasteiger partial charge in [-0.3, -0.25) is 4.79 Å². The summed E-state index contributed by atoms with van der Waals surface area (Å²) in [7, 11) is 3.21. The van der Waals surface area contributed by atoms with Crippen LogP contribution in [0.4, 0.5) is 0 Å². The molecule has 1 aliphatic heterocycles. The zero-order chi connectivity index (χ0) is 18.0. The number of ether oxygens (including phenoxy) is 2. The number of nitrogens with zero attached hydrogens (tertiary/aromatic N) is 2. The second-order valence-electron chi connectivity index (χ2n) is 6.06. The van der Waals surface area contributed by atoms with Crippen LogP contribution in [0.15, 0.2) is 18.2 Å². The summed E-state index contributed by atoms with van der Waals surface area (Å²) in [4.78, 5) is 20.2. The van der Waals surface area contributed by atoms with E-state index in [2.05, 4.69) is 17.2 Å². The molecule has 1 aromatic carbocycles. The van der Waals surface area contributed by atoms with Crippen molar-refractivity contribution in [1.82, 2.24) is 15.2 Å². The van der Waals surface area contributed by atoms with Crippen molar-refractivity contribution in [3.05, 3.63) is 28.8 Å². The van der Waals surface area contributed by atoms with Gasteiger partial charge in [0.1, 0.15) is 9.88 Å². The van der Waals surface area contributed by atoms with Crippen molar-refractivity contribution < 1.29 is 14.3 Å². The van der Waals surface area contributed by atoms with Gasteiger partial charge in [-0.25, -0.2) is 4.98 Å². The summed E-state index contributed by atoms with van der Waals surface area (Å²) in [5.74, 6) is 1.39. The van der Waals surface area contributed by atoms with Crippen molar-refractivity contribution in [3.8, 4) is 22.1 Å². The van der Waals surface area contributed by atoms with Crippen LogP contribution in [0.1, 0.15) is 22.3 Å². The van der Waals surface area contributed by atoms with E-state index in [1.165, 1.54) is 11.3 Å². The lowest BCUT2D eigenvalue weighted by Crippen LogP contribution is -2.52. The maximum Gasteiger partial charge on any atom is 0.266 e. The molecule has 0 saturated carbocycles. The van der Waals surface area contributed by atoms with Crippen molar-refractivity contribution in [2.45, 2.75) is 19.9 Å². The van der Waals surface area contributed by atoms with E-state index in [4.69, 9.17) is 9.47 Å². The zero-order valence-electron chi connectivity index (χ0n) is 15.8. The van der Waals surface area contributed by atoms with Gasteiger partial charge in [-0.15, -0.1) is 36.2 Å². The number of nitrogens with one attached hydrogen (secondary N) is 1. The highest BCUT2D eigenvalue weighted by Crippen LogP contribution is 2.35. The average molecular weight is 434 g/mol. The fourth-order valence-electron chi connectivity index (χ4n) is 2.96. The SMILES string of the molecule is COc1ccc(-c2nc(C)c(C(=O)N3CCNC[C@@H]3C)s2)cc1OC.Cl.Cl. The van der Waals surface area contributed by atoms with Gasteiger partial charge >= 0.3 is 0 Å². The predicted octanol–water partition coefficient (Wildman–Crippen LogP) is 3.41. The Hall–Kier alpha value is -1.54. The predicted molar refractivity (Wildman–Crippen MR) is 113 cm³/mol. The van der Waals surface area contributed by atoms with E-state index in [0.717, 1.165) is 35.9 Å². The quantitative estimate of drug-likeness (QED) is 0.799. The van der Waals surface area contributed by atoms with Crippen LogP contribution in [-0.2, 0) is 0 Å². The number of halogens is 2. The summed E-state index contributed by atoms with van der Waals surface area (Å²) in [6.07, 6.45) is 0. The molecule has 3 rings (SSSR count). The van der Waals surface area contributed by atoms with Crippen molar-refractivity contribution >= 4 is 42.1 Å². The Balaban J connectivity index is 0.00000182. The molecule has 1 N–H and O–H groups in total. The standard InChI is InChI=1S/C18H23N3O3S.2ClH/c1-11-10-19-7-8-21(11)18(22)16-12(2)20-17(25-16)13-5-6-14(23-3)15(9-13)24-4;;/h5-6,9,11,19H,7-8,10H2,1-4H3;2*1H/t11-;;/m0../s1. The van der Waals surface area contributed by atoms with E-state index in [0.29, 0.717) is 16.4 Å². The van der Waals surface area contributed by atoms with Crippen LogP contribution in [0.3, 0.4) is 0 Å². The van der Waals surface area contributed by atoms with E-state index >= 15 is 0 Å². The van der Waals surface area contributed by atoms with Crippen LogP contribution in [0, 0.1) is 6.92 Å². The highest BCUT2D eigenvalue weighted by molar-refractivity contribution is 7.17. The first-order valence-corrected chi connectivity index (χ1v) is 9.08. The number of methoxy groups -OCH3 is 2. The number of piperazine rings is 1. The molecule has 9 heteroatoms. The summed E-state index contributed by atoms with van der Waals surface area (Å²) in [5, 5.41) is 4.12. The molecule has 1 aromatic heterocycles. The highest BCUT2D eigenvalue weighted by Gasteiger charge is 2.27. The molecule has 2 heterocycles. The Morgan fingerprint density at radius 2 is 1.96 bits per heavy atom. The molecule has 1 aliphatic rings.